The van der Waals surface area contributed by atoms with Crippen LogP contribution in [0.2, 0.25) is 0 Å². The first-order valence-electron chi connectivity index (χ1n) is 12.0. The third kappa shape index (κ3) is 3.83. The number of alkyl carbamates (subject to hydrolysis) is 1. The fourth-order valence-electron chi connectivity index (χ4n) is 5.90. The van der Waals surface area contributed by atoms with Gasteiger partial charge < -0.3 is 20.1 Å². The second-order valence-corrected chi connectivity index (χ2v) is 9.85. The number of fused-ring (bicyclic) bond motifs is 3. The molecule has 7 nitrogen and oxygen atoms in total. The highest BCUT2D eigenvalue weighted by atomic mass is 16.5. The molecule has 2 aromatic rings. The van der Waals surface area contributed by atoms with E-state index in [-0.39, 0.29) is 30.4 Å². The topological polar surface area (TPSA) is 95.9 Å². The molecule has 1 saturated heterocycles. The van der Waals surface area contributed by atoms with E-state index in [9.17, 15) is 19.5 Å². The van der Waals surface area contributed by atoms with Crippen molar-refractivity contribution in [3.05, 3.63) is 59.7 Å². The van der Waals surface area contributed by atoms with E-state index in [1.165, 1.54) is 16.0 Å². The van der Waals surface area contributed by atoms with Crippen molar-refractivity contribution < 1.29 is 24.2 Å². The number of hydrogen-bond acceptors (Lipinski definition) is 4. The van der Waals surface area contributed by atoms with Gasteiger partial charge in [-0.15, -0.1) is 0 Å². The summed E-state index contributed by atoms with van der Waals surface area (Å²) in [7, 11) is 0. The molecule has 34 heavy (non-hydrogen) atoms. The number of carbonyl (C=O) groups excluding carboxylic acids is 2. The number of hydrogen-bond donors (Lipinski definition) is 2. The van der Waals surface area contributed by atoms with Crippen LogP contribution in [0.3, 0.4) is 0 Å². The molecular weight excluding hydrogens is 432 g/mol. The monoisotopic (exact) mass is 462 g/mol. The maximum absolute atomic E-state index is 13.1. The third-order valence-corrected chi connectivity index (χ3v) is 7.82. The summed E-state index contributed by atoms with van der Waals surface area (Å²) < 4.78 is 5.64. The summed E-state index contributed by atoms with van der Waals surface area (Å²) in [5.41, 5.74) is 3.55. The fourth-order valence-corrected chi connectivity index (χ4v) is 5.90. The number of carboxylic acids is 1. The Hall–Kier alpha value is -3.35. The van der Waals surface area contributed by atoms with Crippen LogP contribution in [0.25, 0.3) is 11.1 Å². The van der Waals surface area contributed by atoms with Gasteiger partial charge in [0.2, 0.25) is 5.91 Å². The lowest BCUT2D eigenvalue weighted by molar-refractivity contribution is -0.156. The first kappa shape index (κ1) is 22.4. The molecule has 3 atom stereocenters. The van der Waals surface area contributed by atoms with Crippen molar-refractivity contribution in [1.29, 1.82) is 0 Å². The van der Waals surface area contributed by atoms with Gasteiger partial charge in [-0.25, -0.2) is 9.59 Å². The highest BCUT2D eigenvalue weighted by Crippen LogP contribution is 2.44. The number of nitrogens with zero attached hydrogens (tertiary/aromatic N) is 1. The zero-order valence-electron chi connectivity index (χ0n) is 19.3. The molecular formula is C27H30N2O5. The van der Waals surface area contributed by atoms with Crippen LogP contribution in [0.4, 0.5) is 4.79 Å². The normalized spacial score (nSPS) is 25.6. The van der Waals surface area contributed by atoms with Crippen LogP contribution in [0.15, 0.2) is 48.5 Å². The molecule has 1 aliphatic heterocycles. The molecule has 2 aromatic carbocycles. The molecule has 0 spiro atoms. The number of ether oxygens (including phenoxy) is 1. The SMILES string of the molecule is C[C@]1(C(=O)O)CCCN1C(=O)C1CCC(NC(=O)OCC2c3ccccc3-c3ccccc32)C1. The fraction of sp³-hybridized carbons (Fsp3) is 0.444. The molecule has 2 unspecified atom stereocenters. The minimum atomic E-state index is -1.13. The van der Waals surface area contributed by atoms with E-state index in [1.54, 1.807) is 6.92 Å². The van der Waals surface area contributed by atoms with Crippen LogP contribution in [-0.4, -0.2) is 52.7 Å². The van der Waals surface area contributed by atoms with Gasteiger partial charge in [-0.1, -0.05) is 48.5 Å². The summed E-state index contributed by atoms with van der Waals surface area (Å²) in [5.74, 6) is -1.33. The van der Waals surface area contributed by atoms with E-state index in [2.05, 4.69) is 29.6 Å². The Morgan fingerprint density at radius 2 is 1.71 bits per heavy atom. The van der Waals surface area contributed by atoms with Gasteiger partial charge in [-0.05, 0) is 61.3 Å². The van der Waals surface area contributed by atoms with Gasteiger partial charge >= 0.3 is 12.1 Å². The lowest BCUT2D eigenvalue weighted by atomic mass is 9.97. The lowest BCUT2D eigenvalue weighted by Gasteiger charge is -2.33. The molecule has 0 bridgehead atoms. The lowest BCUT2D eigenvalue weighted by Crippen LogP contribution is -2.52. The predicted octanol–water partition coefficient (Wildman–Crippen LogP) is 4.16. The Morgan fingerprint density at radius 3 is 2.35 bits per heavy atom. The van der Waals surface area contributed by atoms with Crippen molar-refractivity contribution >= 4 is 18.0 Å². The molecule has 5 rings (SSSR count). The molecule has 1 saturated carbocycles. The van der Waals surface area contributed by atoms with Gasteiger partial charge in [-0.2, -0.15) is 0 Å². The zero-order valence-corrected chi connectivity index (χ0v) is 19.3. The minimum absolute atomic E-state index is 0.0000770. The van der Waals surface area contributed by atoms with Crippen LogP contribution in [-0.2, 0) is 14.3 Å². The molecule has 0 radical (unpaired) electrons. The van der Waals surface area contributed by atoms with Crippen LogP contribution < -0.4 is 5.32 Å². The second kappa shape index (κ2) is 8.78. The Bertz CT molecular complexity index is 1090. The number of aliphatic carboxylic acids is 1. The van der Waals surface area contributed by atoms with Crippen molar-refractivity contribution in [1.82, 2.24) is 10.2 Å². The minimum Gasteiger partial charge on any atom is -0.480 e. The molecule has 178 valence electrons. The molecule has 2 amide bonds. The molecule has 2 aliphatic carbocycles. The molecule has 3 aliphatic rings. The number of likely N-dealkylation sites (tertiary alicyclic amines) is 1. The van der Waals surface area contributed by atoms with Crippen molar-refractivity contribution in [2.45, 2.75) is 56.5 Å². The predicted molar refractivity (Wildman–Crippen MR) is 126 cm³/mol. The van der Waals surface area contributed by atoms with E-state index in [0.717, 1.165) is 11.1 Å². The smallest absolute Gasteiger partial charge is 0.407 e. The van der Waals surface area contributed by atoms with Crippen molar-refractivity contribution in [3.63, 3.8) is 0 Å². The molecule has 2 fully saturated rings. The number of carboxylic acid groups (broad SMARTS) is 1. The van der Waals surface area contributed by atoms with Gasteiger partial charge in [0, 0.05) is 24.4 Å². The molecule has 0 aromatic heterocycles. The maximum atomic E-state index is 13.1. The Kier molecular flexibility index (Phi) is 5.80. The van der Waals surface area contributed by atoms with E-state index in [1.807, 2.05) is 24.3 Å². The molecule has 2 N–H and O–H groups in total. The van der Waals surface area contributed by atoms with Gasteiger partial charge in [0.25, 0.3) is 0 Å². The standard InChI is InChI=1S/C27H30N2O5/c1-27(25(31)32)13-6-14-29(27)24(30)17-11-12-18(15-17)28-26(33)34-16-23-21-9-4-2-7-19(21)20-8-3-5-10-22(20)23/h2-5,7-10,17-18,23H,6,11-16H2,1H3,(H,28,33)(H,31,32)/t17?,18?,27-/m1/s1. The average molecular weight is 463 g/mol. The third-order valence-electron chi connectivity index (χ3n) is 7.82. The number of amides is 2. The molecule has 1 heterocycles. The van der Waals surface area contributed by atoms with Crippen LogP contribution in [0.1, 0.15) is 56.1 Å². The average Bonchev–Trinajstić information content (AvgIpc) is 3.54. The van der Waals surface area contributed by atoms with E-state index >= 15 is 0 Å². The summed E-state index contributed by atoms with van der Waals surface area (Å²) in [6, 6.07) is 16.2. The Morgan fingerprint density at radius 1 is 1.06 bits per heavy atom. The van der Waals surface area contributed by atoms with Gasteiger partial charge in [0.15, 0.2) is 0 Å². The van der Waals surface area contributed by atoms with E-state index in [4.69, 9.17) is 4.74 Å². The number of benzene rings is 2. The highest BCUT2D eigenvalue weighted by Gasteiger charge is 2.48. The summed E-state index contributed by atoms with van der Waals surface area (Å²) >= 11 is 0. The van der Waals surface area contributed by atoms with Crippen molar-refractivity contribution in [2.24, 2.45) is 5.92 Å². The van der Waals surface area contributed by atoms with Crippen molar-refractivity contribution in [2.75, 3.05) is 13.2 Å². The number of rotatable bonds is 5. The van der Waals surface area contributed by atoms with E-state index in [0.29, 0.717) is 38.6 Å². The Labute approximate surface area is 199 Å². The second-order valence-electron chi connectivity index (χ2n) is 9.85. The van der Waals surface area contributed by atoms with Gasteiger partial charge in [0.05, 0.1) is 0 Å². The van der Waals surface area contributed by atoms with Crippen LogP contribution >= 0.6 is 0 Å². The van der Waals surface area contributed by atoms with E-state index < -0.39 is 17.6 Å². The number of carbonyl (C=O) groups is 3. The summed E-state index contributed by atoms with van der Waals surface area (Å²) in [5, 5.41) is 12.5. The summed E-state index contributed by atoms with van der Waals surface area (Å²) in [4.78, 5) is 38.9. The first-order chi connectivity index (χ1) is 16.4. The van der Waals surface area contributed by atoms with Gasteiger partial charge in [-0.3, -0.25) is 4.79 Å². The molecule has 7 heteroatoms. The zero-order chi connectivity index (χ0) is 23.9. The van der Waals surface area contributed by atoms with Gasteiger partial charge in [0.1, 0.15) is 12.1 Å². The van der Waals surface area contributed by atoms with Crippen LogP contribution in [0.5, 0.6) is 0 Å². The maximum Gasteiger partial charge on any atom is 0.407 e. The number of nitrogens with one attached hydrogen (secondary N) is 1. The first-order valence-corrected chi connectivity index (χ1v) is 12.0. The quantitative estimate of drug-likeness (QED) is 0.696. The van der Waals surface area contributed by atoms with Crippen LogP contribution in [0, 0.1) is 5.92 Å². The Balaban J connectivity index is 1.17. The summed E-state index contributed by atoms with van der Waals surface area (Å²) in [6.45, 7) is 2.35. The summed E-state index contributed by atoms with van der Waals surface area (Å²) in [6.07, 6.45) is 2.52. The highest BCUT2D eigenvalue weighted by molar-refractivity contribution is 5.88. The largest absolute Gasteiger partial charge is 0.480 e. The van der Waals surface area contributed by atoms with Crippen molar-refractivity contribution in [3.8, 4) is 11.1 Å².